The molecule has 1 N–H and O–H groups in total. The van der Waals surface area contributed by atoms with E-state index in [4.69, 9.17) is 16.7 Å². The van der Waals surface area contributed by atoms with E-state index in [2.05, 4.69) is 0 Å². The van der Waals surface area contributed by atoms with Gasteiger partial charge in [0.05, 0.1) is 5.38 Å². The van der Waals surface area contributed by atoms with Crippen molar-refractivity contribution in [3.63, 3.8) is 0 Å². The van der Waals surface area contributed by atoms with Crippen LogP contribution >= 0.6 is 22.9 Å². The predicted octanol–water partition coefficient (Wildman–Crippen LogP) is 3.51. The van der Waals surface area contributed by atoms with E-state index in [1.807, 2.05) is 19.9 Å². The Balaban J connectivity index is 2.64. The molecule has 14 heavy (non-hydrogen) atoms. The lowest BCUT2D eigenvalue weighted by Crippen LogP contribution is -1.98. The molecule has 2 nitrogen and oxygen atoms in total. The number of rotatable bonds is 4. The molecule has 0 radical (unpaired) electrons. The Hall–Kier alpha value is -0.540. The molecule has 4 heteroatoms. The SMILES string of the molecule is Cc1cc(C(Cl)CCC(=O)O)c(C)s1. The zero-order valence-corrected chi connectivity index (χ0v) is 9.78. The molecule has 0 saturated carbocycles. The minimum absolute atomic E-state index is 0.127. The van der Waals surface area contributed by atoms with Crippen molar-refractivity contribution < 1.29 is 9.90 Å². The molecule has 1 heterocycles. The zero-order valence-electron chi connectivity index (χ0n) is 8.21. The standard InChI is InChI=1S/C10H13ClO2S/c1-6-5-8(7(2)14-6)9(11)3-4-10(12)13/h5,9H,3-4H2,1-2H3,(H,12,13). The van der Waals surface area contributed by atoms with Gasteiger partial charge in [0.15, 0.2) is 0 Å². The van der Waals surface area contributed by atoms with Crippen LogP contribution in [0.3, 0.4) is 0 Å². The molecule has 0 aliphatic heterocycles. The number of hydrogen-bond acceptors (Lipinski definition) is 2. The van der Waals surface area contributed by atoms with Gasteiger partial charge in [-0.25, -0.2) is 0 Å². The molecule has 0 aromatic carbocycles. The van der Waals surface area contributed by atoms with Gasteiger partial charge in [0.1, 0.15) is 0 Å². The number of thiophene rings is 1. The van der Waals surface area contributed by atoms with Crippen molar-refractivity contribution in [2.24, 2.45) is 0 Å². The fourth-order valence-corrected chi connectivity index (χ4v) is 2.76. The molecule has 1 aromatic rings. The normalized spacial score (nSPS) is 12.8. The van der Waals surface area contributed by atoms with E-state index in [9.17, 15) is 4.79 Å². The molecule has 0 bridgehead atoms. The first-order chi connectivity index (χ1) is 6.50. The molecule has 0 amide bonds. The molecule has 0 fully saturated rings. The van der Waals surface area contributed by atoms with Gasteiger partial charge in [0.2, 0.25) is 0 Å². The number of carboxylic acids is 1. The monoisotopic (exact) mass is 232 g/mol. The largest absolute Gasteiger partial charge is 0.481 e. The molecule has 0 aliphatic carbocycles. The summed E-state index contributed by atoms with van der Waals surface area (Å²) in [6.45, 7) is 4.05. The summed E-state index contributed by atoms with van der Waals surface area (Å²) in [5.41, 5.74) is 1.08. The lowest BCUT2D eigenvalue weighted by atomic mass is 10.1. The summed E-state index contributed by atoms with van der Waals surface area (Å²) < 4.78 is 0. The van der Waals surface area contributed by atoms with Gasteiger partial charge in [-0.2, -0.15) is 0 Å². The molecule has 0 spiro atoms. The second-order valence-electron chi connectivity index (χ2n) is 3.27. The van der Waals surface area contributed by atoms with Gasteiger partial charge in [0.25, 0.3) is 0 Å². The van der Waals surface area contributed by atoms with Crippen LogP contribution in [0, 0.1) is 13.8 Å². The van der Waals surface area contributed by atoms with Gasteiger partial charge in [-0.3, -0.25) is 4.79 Å². The highest BCUT2D eigenvalue weighted by atomic mass is 35.5. The Morgan fingerprint density at radius 2 is 2.29 bits per heavy atom. The number of carbonyl (C=O) groups is 1. The Labute approximate surface area is 92.5 Å². The Kier molecular flexibility index (Phi) is 3.96. The summed E-state index contributed by atoms with van der Waals surface area (Å²) >= 11 is 7.81. The molecule has 78 valence electrons. The smallest absolute Gasteiger partial charge is 0.303 e. The summed E-state index contributed by atoms with van der Waals surface area (Å²) in [5.74, 6) is -0.791. The minimum Gasteiger partial charge on any atom is -0.481 e. The van der Waals surface area contributed by atoms with E-state index in [1.54, 1.807) is 11.3 Å². The molecule has 0 saturated heterocycles. The average Bonchev–Trinajstić information content (AvgIpc) is 2.41. The number of carboxylic acid groups (broad SMARTS) is 1. The number of aliphatic carboxylic acids is 1. The van der Waals surface area contributed by atoms with Crippen LogP contribution in [0.25, 0.3) is 0 Å². The fraction of sp³-hybridized carbons (Fsp3) is 0.500. The van der Waals surface area contributed by atoms with Crippen LogP contribution in [-0.4, -0.2) is 11.1 Å². The number of halogens is 1. The van der Waals surface area contributed by atoms with Crippen LogP contribution < -0.4 is 0 Å². The maximum Gasteiger partial charge on any atom is 0.303 e. The quantitative estimate of drug-likeness (QED) is 0.807. The molecule has 1 aromatic heterocycles. The summed E-state index contributed by atoms with van der Waals surface area (Å²) in [5, 5.41) is 8.36. The van der Waals surface area contributed by atoms with Crippen molar-refractivity contribution in [2.45, 2.75) is 32.1 Å². The van der Waals surface area contributed by atoms with Crippen LogP contribution in [0.1, 0.15) is 33.5 Å². The van der Waals surface area contributed by atoms with Crippen LogP contribution in [-0.2, 0) is 4.79 Å². The Morgan fingerprint density at radius 1 is 1.64 bits per heavy atom. The number of aryl methyl sites for hydroxylation is 2. The average molecular weight is 233 g/mol. The van der Waals surface area contributed by atoms with Crippen molar-refractivity contribution in [2.75, 3.05) is 0 Å². The van der Waals surface area contributed by atoms with Gasteiger partial charge < -0.3 is 5.11 Å². The third-order valence-corrected chi connectivity index (χ3v) is 3.46. The molecule has 1 rings (SSSR count). The van der Waals surface area contributed by atoms with Gasteiger partial charge in [-0.05, 0) is 31.9 Å². The summed E-state index contributed by atoms with van der Waals surface area (Å²) in [7, 11) is 0. The molecular weight excluding hydrogens is 220 g/mol. The van der Waals surface area contributed by atoms with Crippen LogP contribution in [0.2, 0.25) is 0 Å². The minimum atomic E-state index is -0.791. The lowest BCUT2D eigenvalue weighted by Gasteiger charge is -2.06. The van der Waals surface area contributed by atoms with Crippen molar-refractivity contribution in [3.8, 4) is 0 Å². The van der Waals surface area contributed by atoms with Crippen molar-refractivity contribution in [1.82, 2.24) is 0 Å². The van der Waals surface area contributed by atoms with E-state index < -0.39 is 5.97 Å². The number of hydrogen-bond donors (Lipinski definition) is 1. The Morgan fingerprint density at radius 3 is 2.71 bits per heavy atom. The van der Waals surface area contributed by atoms with Gasteiger partial charge in [0, 0.05) is 16.2 Å². The maximum absolute atomic E-state index is 10.4. The van der Waals surface area contributed by atoms with Crippen LogP contribution in [0.15, 0.2) is 6.07 Å². The highest BCUT2D eigenvalue weighted by Gasteiger charge is 2.14. The van der Waals surface area contributed by atoms with E-state index in [0.717, 1.165) is 5.56 Å². The molecule has 1 unspecified atom stereocenters. The fourth-order valence-electron chi connectivity index (χ4n) is 1.37. The summed E-state index contributed by atoms with van der Waals surface area (Å²) in [6, 6.07) is 2.04. The van der Waals surface area contributed by atoms with E-state index in [1.165, 1.54) is 9.75 Å². The van der Waals surface area contributed by atoms with Gasteiger partial charge in [-0.15, -0.1) is 22.9 Å². The topological polar surface area (TPSA) is 37.3 Å². The van der Waals surface area contributed by atoms with Gasteiger partial charge in [-0.1, -0.05) is 0 Å². The van der Waals surface area contributed by atoms with Gasteiger partial charge >= 0.3 is 5.97 Å². The second-order valence-corrected chi connectivity index (χ2v) is 5.26. The Bertz CT molecular complexity index is 333. The first kappa shape index (κ1) is 11.5. The van der Waals surface area contributed by atoms with Crippen molar-refractivity contribution in [1.29, 1.82) is 0 Å². The lowest BCUT2D eigenvalue weighted by molar-refractivity contribution is -0.137. The third kappa shape index (κ3) is 3.00. The first-order valence-electron chi connectivity index (χ1n) is 4.43. The third-order valence-electron chi connectivity index (χ3n) is 2.03. The summed E-state index contributed by atoms with van der Waals surface area (Å²) in [4.78, 5) is 12.8. The van der Waals surface area contributed by atoms with Crippen LogP contribution in [0.5, 0.6) is 0 Å². The number of alkyl halides is 1. The highest BCUT2D eigenvalue weighted by molar-refractivity contribution is 7.12. The molecular formula is C10H13ClO2S. The van der Waals surface area contributed by atoms with Crippen LogP contribution in [0.4, 0.5) is 0 Å². The first-order valence-corrected chi connectivity index (χ1v) is 5.68. The zero-order chi connectivity index (χ0) is 10.7. The van der Waals surface area contributed by atoms with E-state index >= 15 is 0 Å². The van der Waals surface area contributed by atoms with E-state index in [0.29, 0.717) is 6.42 Å². The maximum atomic E-state index is 10.4. The van der Waals surface area contributed by atoms with Crippen molar-refractivity contribution in [3.05, 3.63) is 21.4 Å². The molecule has 0 aliphatic rings. The molecule has 1 atom stereocenters. The predicted molar refractivity (Wildman–Crippen MR) is 59.3 cm³/mol. The van der Waals surface area contributed by atoms with Crippen molar-refractivity contribution >= 4 is 28.9 Å². The second kappa shape index (κ2) is 4.80. The van der Waals surface area contributed by atoms with E-state index in [-0.39, 0.29) is 11.8 Å². The highest BCUT2D eigenvalue weighted by Crippen LogP contribution is 2.33. The summed E-state index contributed by atoms with van der Waals surface area (Å²) in [6.07, 6.45) is 0.621.